The summed E-state index contributed by atoms with van der Waals surface area (Å²) in [4.78, 5) is 2.57. The molecule has 3 atom stereocenters. The predicted molar refractivity (Wildman–Crippen MR) is 57.7 cm³/mol. The second-order valence-corrected chi connectivity index (χ2v) is 4.68. The molecule has 0 radical (unpaired) electrons. The van der Waals surface area contributed by atoms with Gasteiger partial charge in [-0.05, 0) is 31.7 Å². The third-order valence-corrected chi connectivity index (χ3v) is 3.32. The van der Waals surface area contributed by atoms with Crippen molar-refractivity contribution in [2.75, 3.05) is 19.6 Å². The Morgan fingerprint density at radius 3 is 2.62 bits per heavy atom. The molecule has 2 N–H and O–H groups in total. The lowest BCUT2D eigenvalue weighted by atomic mass is 10.0. The fourth-order valence-corrected chi connectivity index (χ4v) is 2.03. The first-order chi connectivity index (χ1) is 6.13. The Labute approximate surface area is 82.5 Å². The molecule has 0 aromatic rings. The van der Waals surface area contributed by atoms with Crippen LogP contribution in [0.1, 0.15) is 33.6 Å². The van der Waals surface area contributed by atoms with E-state index >= 15 is 0 Å². The van der Waals surface area contributed by atoms with Gasteiger partial charge in [0.25, 0.3) is 0 Å². The fourth-order valence-electron chi connectivity index (χ4n) is 2.03. The van der Waals surface area contributed by atoms with E-state index in [2.05, 4.69) is 25.7 Å². The molecule has 2 heteroatoms. The van der Waals surface area contributed by atoms with Gasteiger partial charge < -0.3 is 10.6 Å². The van der Waals surface area contributed by atoms with Crippen LogP contribution in [0.4, 0.5) is 0 Å². The van der Waals surface area contributed by atoms with E-state index in [-0.39, 0.29) is 0 Å². The average Bonchev–Trinajstić information content (AvgIpc) is 2.52. The van der Waals surface area contributed by atoms with Gasteiger partial charge in [-0.1, -0.05) is 20.3 Å². The number of likely N-dealkylation sites (tertiary alicyclic amines) is 1. The van der Waals surface area contributed by atoms with Crippen LogP contribution < -0.4 is 5.73 Å². The van der Waals surface area contributed by atoms with Crippen LogP contribution in [-0.4, -0.2) is 30.6 Å². The zero-order valence-corrected chi connectivity index (χ0v) is 9.29. The van der Waals surface area contributed by atoms with E-state index in [9.17, 15) is 0 Å². The lowest BCUT2D eigenvalue weighted by Crippen LogP contribution is -2.31. The van der Waals surface area contributed by atoms with Gasteiger partial charge in [0.15, 0.2) is 0 Å². The molecule has 0 amide bonds. The number of nitrogens with two attached hydrogens (primary N) is 1. The summed E-state index contributed by atoms with van der Waals surface area (Å²) >= 11 is 0. The number of rotatable bonds is 4. The highest BCUT2D eigenvalue weighted by molar-refractivity contribution is 4.81. The van der Waals surface area contributed by atoms with Crippen LogP contribution in [0.3, 0.4) is 0 Å². The van der Waals surface area contributed by atoms with Crippen molar-refractivity contribution in [1.82, 2.24) is 4.90 Å². The highest BCUT2D eigenvalue weighted by Gasteiger charge is 2.25. The molecule has 1 fully saturated rings. The second-order valence-electron chi connectivity index (χ2n) is 4.68. The second kappa shape index (κ2) is 4.97. The largest absolute Gasteiger partial charge is 0.328 e. The van der Waals surface area contributed by atoms with E-state index < -0.39 is 0 Å². The maximum absolute atomic E-state index is 5.90. The molecule has 0 aromatic heterocycles. The van der Waals surface area contributed by atoms with Gasteiger partial charge in [-0.25, -0.2) is 0 Å². The Morgan fingerprint density at radius 2 is 2.15 bits per heavy atom. The van der Waals surface area contributed by atoms with Gasteiger partial charge >= 0.3 is 0 Å². The smallest absolute Gasteiger partial charge is 0.00514 e. The van der Waals surface area contributed by atoms with E-state index in [0.29, 0.717) is 6.04 Å². The monoisotopic (exact) mass is 184 g/mol. The molecule has 3 unspecified atom stereocenters. The van der Waals surface area contributed by atoms with Crippen molar-refractivity contribution in [3.05, 3.63) is 0 Å². The summed E-state index contributed by atoms with van der Waals surface area (Å²) in [5.41, 5.74) is 5.90. The standard InChI is InChI=1S/C11H24N2/c1-4-9(2)7-13-6-5-11(8-13)10(3)12/h9-11H,4-8,12H2,1-3H3. The molecule has 78 valence electrons. The Bertz CT molecular complexity index is 145. The van der Waals surface area contributed by atoms with Crippen LogP contribution in [0.25, 0.3) is 0 Å². The SMILES string of the molecule is CCC(C)CN1CCC(C(C)N)C1. The highest BCUT2D eigenvalue weighted by Crippen LogP contribution is 2.19. The average molecular weight is 184 g/mol. The Kier molecular flexibility index (Phi) is 4.20. The molecule has 0 bridgehead atoms. The number of hydrogen-bond acceptors (Lipinski definition) is 2. The molecule has 1 aliphatic heterocycles. The third kappa shape index (κ3) is 3.28. The number of nitrogens with zero attached hydrogens (tertiary/aromatic N) is 1. The summed E-state index contributed by atoms with van der Waals surface area (Å²) in [6.45, 7) is 10.5. The van der Waals surface area contributed by atoms with Gasteiger partial charge in [0.1, 0.15) is 0 Å². The maximum Gasteiger partial charge on any atom is 0.00514 e. The van der Waals surface area contributed by atoms with E-state index in [1.807, 2.05) is 0 Å². The lowest BCUT2D eigenvalue weighted by molar-refractivity contribution is 0.269. The molecule has 1 saturated heterocycles. The van der Waals surface area contributed by atoms with Gasteiger partial charge in [0.05, 0.1) is 0 Å². The molecule has 1 heterocycles. The van der Waals surface area contributed by atoms with Crippen molar-refractivity contribution in [2.45, 2.75) is 39.7 Å². The van der Waals surface area contributed by atoms with Gasteiger partial charge in [-0.2, -0.15) is 0 Å². The minimum atomic E-state index is 0.377. The Balaban J connectivity index is 2.25. The molecule has 0 saturated carbocycles. The topological polar surface area (TPSA) is 29.3 Å². The van der Waals surface area contributed by atoms with E-state index in [1.54, 1.807) is 0 Å². The molecule has 1 aliphatic rings. The summed E-state index contributed by atoms with van der Waals surface area (Å²) in [7, 11) is 0. The summed E-state index contributed by atoms with van der Waals surface area (Å²) < 4.78 is 0. The molecule has 0 aromatic carbocycles. The van der Waals surface area contributed by atoms with Crippen LogP contribution in [0, 0.1) is 11.8 Å². The lowest BCUT2D eigenvalue weighted by Gasteiger charge is -2.20. The van der Waals surface area contributed by atoms with E-state index in [1.165, 1.54) is 32.5 Å². The normalized spacial score (nSPS) is 29.1. The quantitative estimate of drug-likeness (QED) is 0.720. The summed E-state index contributed by atoms with van der Waals surface area (Å²) in [6, 6.07) is 0.377. The Morgan fingerprint density at radius 1 is 1.46 bits per heavy atom. The van der Waals surface area contributed by atoms with Crippen molar-refractivity contribution >= 4 is 0 Å². The van der Waals surface area contributed by atoms with Crippen LogP contribution in [0.2, 0.25) is 0 Å². The minimum absolute atomic E-state index is 0.377. The molecule has 0 spiro atoms. The first kappa shape index (κ1) is 11.0. The zero-order valence-electron chi connectivity index (χ0n) is 9.29. The summed E-state index contributed by atoms with van der Waals surface area (Å²) in [5.74, 6) is 1.58. The van der Waals surface area contributed by atoms with Gasteiger partial charge in [0, 0.05) is 19.1 Å². The van der Waals surface area contributed by atoms with Crippen molar-refractivity contribution in [2.24, 2.45) is 17.6 Å². The Hall–Kier alpha value is -0.0800. The first-order valence-corrected chi connectivity index (χ1v) is 5.61. The minimum Gasteiger partial charge on any atom is -0.328 e. The zero-order chi connectivity index (χ0) is 9.84. The van der Waals surface area contributed by atoms with Crippen molar-refractivity contribution < 1.29 is 0 Å². The van der Waals surface area contributed by atoms with Crippen molar-refractivity contribution in [3.63, 3.8) is 0 Å². The van der Waals surface area contributed by atoms with Gasteiger partial charge in [0.2, 0.25) is 0 Å². The molecular weight excluding hydrogens is 160 g/mol. The predicted octanol–water partition coefficient (Wildman–Crippen LogP) is 1.70. The van der Waals surface area contributed by atoms with Crippen LogP contribution in [0.15, 0.2) is 0 Å². The van der Waals surface area contributed by atoms with Crippen LogP contribution in [0.5, 0.6) is 0 Å². The molecule has 1 rings (SSSR count). The molecule has 13 heavy (non-hydrogen) atoms. The first-order valence-electron chi connectivity index (χ1n) is 5.61. The van der Waals surface area contributed by atoms with E-state index in [0.717, 1.165) is 11.8 Å². The van der Waals surface area contributed by atoms with Gasteiger partial charge in [-0.15, -0.1) is 0 Å². The molecular formula is C11H24N2. The van der Waals surface area contributed by atoms with E-state index in [4.69, 9.17) is 5.73 Å². The van der Waals surface area contributed by atoms with Crippen molar-refractivity contribution in [3.8, 4) is 0 Å². The third-order valence-electron chi connectivity index (χ3n) is 3.32. The molecule has 0 aliphatic carbocycles. The maximum atomic E-state index is 5.90. The van der Waals surface area contributed by atoms with Gasteiger partial charge in [-0.3, -0.25) is 0 Å². The summed E-state index contributed by atoms with van der Waals surface area (Å²) in [6.07, 6.45) is 2.59. The summed E-state index contributed by atoms with van der Waals surface area (Å²) in [5, 5.41) is 0. The van der Waals surface area contributed by atoms with Crippen LogP contribution >= 0.6 is 0 Å². The van der Waals surface area contributed by atoms with Crippen LogP contribution in [-0.2, 0) is 0 Å². The fraction of sp³-hybridized carbons (Fsp3) is 1.00. The molecule has 2 nitrogen and oxygen atoms in total. The highest BCUT2D eigenvalue weighted by atomic mass is 15.1. The van der Waals surface area contributed by atoms with Crippen molar-refractivity contribution in [1.29, 1.82) is 0 Å². The number of hydrogen-bond donors (Lipinski definition) is 1.